The highest BCUT2D eigenvalue weighted by molar-refractivity contribution is 9.10. The van der Waals surface area contributed by atoms with Crippen LogP contribution in [0.15, 0.2) is 46.9 Å². The van der Waals surface area contributed by atoms with E-state index in [1.54, 1.807) is 30.3 Å². The van der Waals surface area contributed by atoms with Crippen molar-refractivity contribution in [2.45, 2.75) is 33.1 Å². The third-order valence-corrected chi connectivity index (χ3v) is 4.69. The summed E-state index contributed by atoms with van der Waals surface area (Å²) in [6.07, 6.45) is 0.473. The van der Waals surface area contributed by atoms with Crippen LogP contribution in [0.5, 0.6) is 0 Å². The maximum atomic E-state index is 12.0. The number of amides is 2. The van der Waals surface area contributed by atoms with E-state index in [1.807, 2.05) is 19.1 Å². The lowest BCUT2D eigenvalue weighted by atomic mass is 10.1. The Hall–Kier alpha value is -3.00. The Bertz CT molecular complexity index is 958. The monoisotopic (exact) mass is 474 g/mol. The Labute approximate surface area is 183 Å². The van der Waals surface area contributed by atoms with Gasteiger partial charge in [-0.1, -0.05) is 35.0 Å². The number of carbonyl (C=O) groups is 4. The van der Waals surface area contributed by atoms with Crippen LogP contribution in [0.2, 0.25) is 0 Å². The number of anilines is 2. The zero-order valence-corrected chi connectivity index (χ0v) is 18.4. The van der Waals surface area contributed by atoms with Crippen molar-refractivity contribution in [3.05, 3.63) is 58.1 Å². The molecule has 30 heavy (non-hydrogen) atoms. The molecule has 0 radical (unpaired) electrons. The van der Waals surface area contributed by atoms with Crippen molar-refractivity contribution in [3.8, 4) is 0 Å². The predicted molar refractivity (Wildman–Crippen MR) is 117 cm³/mol. The summed E-state index contributed by atoms with van der Waals surface area (Å²) in [6.45, 7) is 2.98. The number of Topliss-reactive ketones (excluding diaryl/α,β-unsaturated/α-hetero) is 1. The molecule has 0 aliphatic rings. The predicted octanol–water partition coefficient (Wildman–Crippen LogP) is 4.11. The lowest BCUT2D eigenvalue weighted by Gasteiger charge is -2.11. The van der Waals surface area contributed by atoms with E-state index >= 15 is 0 Å². The van der Waals surface area contributed by atoms with Crippen molar-refractivity contribution in [1.82, 2.24) is 0 Å². The fourth-order valence-electron chi connectivity index (χ4n) is 2.64. The van der Waals surface area contributed by atoms with Gasteiger partial charge in [-0.3, -0.25) is 19.2 Å². The minimum absolute atomic E-state index is 0.0998. The van der Waals surface area contributed by atoms with Gasteiger partial charge in [-0.25, -0.2) is 0 Å². The summed E-state index contributed by atoms with van der Waals surface area (Å²) in [4.78, 5) is 47.2. The van der Waals surface area contributed by atoms with Gasteiger partial charge >= 0.3 is 5.97 Å². The molecule has 8 heteroatoms. The number of hydrogen-bond donors (Lipinski definition) is 2. The van der Waals surface area contributed by atoms with Gasteiger partial charge in [-0.2, -0.15) is 0 Å². The molecule has 0 atom stereocenters. The van der Waals surface area contributed by atoms with E-state index in [4.69, 9.17) is 4.74 Å². The van der Waals surface area contributed by atoms with Gasteiger partial charge in [0.25, 0.3) is 5.91 Å². The van der Waals surface area contributed by atoms with Crippen molar-refractivity contribution in [3.63, 3.8) is 0 Å². The Morgan fingerprint density at radius 1 is 0.967 bits per heavy atom. The fraction of sp³-hybridized carbons (Fsp3) is 0.273. The number of esters is 1. The van der Waals surface area contributed by atoms with Gasteiger partial charge in [-0.05, 0) is 49.2 Å². The first kappa shape index (κ1) is 23.3. The summed E-state index contributed by atoms with van der Waals surface area (Å²) in [5.41, 5.74) is 2.57. The Kier molecular flexibility index (Phi) is 8.73. The molecular weight excluding hydrogens is 452 g/mol. The SMILES string of the molecule is CCc1cc(Br)ccc1NC(=O)COC(=O)CCC(=O)Nc1cccc(C(C)=O)c1. The van der Waals surface area contributed by atoms with Crippen molar-refractivity contribution in [2.24, 2.45) is 0 Å². The Morgan fingerprint density at radius 3 is 2.43 bits per heavy atom. The number of nitrogens with one attached hydrogen (secondary N) is 2. The molecular formula is C22H23BrN2O5. The molecule has 0 heterocycles. The highest BCUT2D eigenvalue weighted by Crippen LogP contribution is 2.21. The zero-order chi connectivity index (χ0) is 22.1. The lowest BCUT2D eigenvalue weighted by molar-refractivity contribution is -0.147. The maximum Gasteiger partial charge on any atom is 0.306 e. The number of ketones is 1. The second kappa shape index (κ2) is 11.3. The zero-order valence-electron chi connectivity index (χ0n) is 16.8. The Balaban J connectivity index is 1.75. The molecule has 0 fully saturated rings. The fourth-order valence-corrected chi connectivity index (χ4v) is 3.04. The second-order valence-corrected chi connectivity index (χ2v) is 7.46. The quantitative estimate of drug-likeness (QED) is 0.420. The number of hydrogen-bond acceptors (Lipinski definition) is 5. The molecule has 0 unspecified atom stereocenters. The molecule has 0 aliphatic heterocycles. The van der Waals surface area contributed by atoms with Gasteiger partial charge in [0.1, 0.15) is 0 Å². The van der Waals surface area contributed by atoms with Crippen molar-refractivity contribution in [1.29, 1.82) is 0 Å². The average molecular weight is 475 g/mol. The van der Waals surface area contributed by atoms with Crippen LogP contribution in [0.25, 0.3) is 0 Å². The molecule has 0 aliphatic carbocycles. The van der Waals surface area contributed by atoms with E-state index in [9.17, 15) is 19.2 Å². The first-order valence-electron chi connectivity index (χ1n) is 9.43. The molecule has 2 amide bonds. The van der Waals surface area contributed by atoms with Crippen LogP contribution in [-0.2, 0) is 25.5 Å². The number of benzene rings is 2. The van der Waals surface area contributed by atoms with Crippen molar-refractivity contribution >= 4 is 50.9 Å². The molecule has 0 saturated heterocycles. The van der Waals surface area contributed by atoms with Gasteiger partial charge < -0.3 is 15.4 Å². The van der Waals surface area contributed by atoms with Crippen LogP contribution in [0, 0.1) is 0 Å². The van der Waals surface area contributed by atoms with E-state index in [1.165, 1.54) is 6.92 Å². The van der Waals surface area contributed by atoms with E-state index < -0.39 is 18.5 Å². The molecule has 2 N–H and O–H groups in total. The lowest BCUT2D eigenvalue weighted by Crippen LogP contribution is -2.22. The topological polar surface area (TPSA) is 102 Å². The van der Waals surface area contributed by atoms with Gasteiger partial charge in [0, 0.05) is 27.8 Å². The molecule has 2 rings (SSSR count). The highest BCUT2D eigenvalue weighted by Gasteiger charge is 2.12. The molecule has 7 nitrogen and oxygen atoms in total. The van der Waals surface area contributed by atoms with Crippen LogP contribution in [0.1, 0.15) is 42.6 Å². The van der Waals surface area contributed by atoms with Crippen LogP contribution in [-0.4, -0.2) is 30.2 Å². The van der Waals surface area contributed by atoms with E-state index in [-0.39, 0.29) is 24.5 Å². The summed E-state index contributed by atoms with van der Waals surface area (Å²) in [6, 6.07) is 12.0. The van der Waals surface area contributed by atoms with E-state index in [0.29, 0.717) is 16.9 Å². The van der Waals surface area contributed by atoms with Gasteiger partial charge in [-0.15, -0.1) is 0 Å². The number of carbonyl (C=O) groups excluding carboxylic acids is 4. The van der Waals surface area contributed by atoms with E-state index in [0.717, 1.165) is 16.5 Å². The highest BCUT2D eigenvalue weighted by atomic mass is 79.9. The third kappa shape index (κ3) is 7.44. The van der Waals surface area contributed by atoms with Gasteiger partial charge in [0.05, 0.1) is 6.42 Å². The van der Waals surface area contributed by atoms with Crippen molar-refractivity contribution < 1.29 is 23.9 Å². The van der Waals surface area contributed by atoms with Crippen LogP contribution >= 0.6 is 15.9 Å². The minimum Gasteiger partial charge on any atom is -0.456 e. The average Bonchev–Trinajstić information content (AvgIpc) is 2.72. The van der Waals surface area contributed by atoms with Gasteiger partial charge in [0.15, 0.2) is 12.4 Å². The minimum atomic E-state index is -0.649. The largest absolute Gasteiger partial charge is 0.456 e. The molecule has 0 spiro atoms. The second-order valence-electron chi connectivity index (χ2n) is 6.55. The Morgan fingerprint density at radius 2 is 1.73 bits per heavy atom. The van der Waals surface area contributed by atoms with E-state index in [2.05, 4.69) is 26.6 Å². The number of aryl methyl sites for hydroxylation is 1. The summed E-state index contributed by atoms with van der Waals surface area (Å²) in [5.74, 6) is -1.60. The molecule has 0 aromatic heterocycles. The maximum absolute atomic E-state index is 12.0. The number of halogens is 1. The summed E-state index contributed by atoms with van der Waals surface area (Å²) >= 11 is 3.38. The standard InChI is InChI=1S/C22H23BrN2O5/c1-3-15-11-17(23)7-8-19(15)25-21(28)13-30-22(29)10-9-20(27)24-18-6-4-5-16(12-18)14(2)26/h4-8,11-12H,3,9-10,13H2,1-2H3,(H,24,27)(H,25,28). The number of rotatable bonds is 9. The molecule has 158 valence electrons. The summed E-state index contributed by atoms with van der Waals surface area (Å²) in [5, 5.41) is 5.34. The van der Waals surface area contributed by atoms with Crippen LogP contribution < -0.4 is 10.6 Å². The van der Waals surface area contributed by atoms with Crippen LogP contribution in [0.3, 0.4) is 0 Å². The first-order valence-corrected chi connectivity index (χ1v) is 10.2. The summed E-state index contributed by atoms with van der Waals surface area (Å²) in [7, 11) is 0. The molecule has 2 aromatic rings. The van der Waals surface area contributed by atoms with Gasteiger partial charge in [0.2, 0.25) is 5.91 Å². The number of ether oxygens (including phenoxy) is 1. The smallest absolute Gasteiger partial charge is 0.306 e. The summed E-state index contributed by atoms with van der Waals surface area (Å²) < 4.78 is 5.85. The molecule has 2 aromatic carbocycles. The van der Waals surface area contributed by atoms with Crippen molar-refractivity contribution in [2.75, 3.05) is 17.2 Å². The normalized spacial score (nSPS) is 10.2. The van der Waals surface area contributed by atoms with Crippen LogP contribution in [0.4, 0.5) is 11.4 Å². The third-order valence-electron chi connectivity index (χ3n) is 4.20. The molecule has 0 bridgehead atoms. The molecule has 0 saturated carbocycles. The first-order chi connectivity index (χ1) is 14.3.